The molecule has 1 aliphatic carbocycles. The molecule has 0 radical (unpaired) electrons. The zero-order chi connectivity index (χ0) is 12.0. The highest BCUT2D eigenvalue weighted by molar-refractivity contribution is 9.13. The van der Waals surface area contributed by atoms with E-state index in [4.69, 9.17) is 10.7 Å². The summed E-state index contributed by atoms with van der Waals surface area (Å²) in [5.74, 6) is 0. The SMILES string of the molecule is NC1CCCc2nc(-c3cc(Br)c(Br)s3)sc21. The molecule has 0 aromatic carbocycles. The molecular formula is C11H10Br2N2S2. The van der Waals surface area contributed by atoms with E-state index in [9.17, 15) is 0 Å². The molecule has 0 saturated carbocycles. The lowest BCUT2D eigenvalue weighted by Crippen LogP contribution is -2.15. The number of nitrogens with zero attached hydrogens (tertiary/aromatic N) is 1. The number of fused-ring (bicyclic) bond motifs is 1. The van der Waals surface area contributed by atoms with Crippen molar-refractivity contribution < 1.29 is 0 Å². The molecule has 6 heteroatoms. The van der Waals surface area contributed by atoms with Crippen molar-refractivity contribution in [2.75, 3.05) is 0 Å². The maximum Gasteiger partial charge on any atom is 0.134 e. The number of aromatic nitrogens is 1. The van der Waals surface area contributed by atoms with Crippen LogP contribution >= 0.6 is 54.5 Å². The zero-order valence-electron chi connectivity index (χ0n) is 8.87. The molecule has 2 heterocycles. The van der Waals surface area contributed by atoms with E-state index in [1.54, 1.807) is 22.7 Å². The number of rotatable bonds is 1. The maximum absolute atomic E-state index is 6.13. The van der Waals surface area contributed by atoms with E-state index in [0.29, 0.717) is 0 Å². The fraction of sp³-hybridized carbons (Fsp3) is 0.364. The van der Waals surface area contributed by atoms with E-state index in [1.807, 2.05) is 0 Å². The first kappa shape index (κ1) is 12.3. The van der Waals surface area contributed by atoms with Crippen molar-refractivity contribution in [2.45, 2.75) is 25.3 Å². The first-order chi connectivity index (χ1) is 8.15. The summed E-state index contributed by atoms with van der Waals surface area (Å²) in [7, 11) is 0. The summed E-state index contributed by atoms with van der Waals surface area (Å²) in [6.07, 6.45) is 3.33. The quantitative estimate of drug-likeness (QED) is 0.760. The predicted octanol–water partition coefficient (Wildman–Crippen LogP) is 4.73. The monoisotopic (exact) mass is 392 g/mol. The van der Waals surface area contributed by atoms with Crippen molar-refractivity contribution in [1.82, 2.24) is 4.98 Å². The number of hydrogen-bond acceptors (Lipinski definition) is 4. The van der Waals surface area contributed by atoms with E-state index in [0.717, 1.165) is 32.5 Å². The highest BCUT2D eigenvalue weighted by Gasteiger charge is 2.22. The second-order valence-corrected chi connectivity index (χ2v) is 8.32. The third kappa shape index (κ3) is 2.26. The van der Waals surface area contributed by atoms with Gasteiger partial charge in [0.2, 0.25) is 0 Å². The molecule has 90 valence electrons. The Bertz CT molecular complexity index is 542. The first-order valence-electron chi connectivity index (χ1n) is 5.35. The van der Waals surface area contributed by atoms with E-state index in [1.165, 1.54) is 15.4 Å². The average Bonchev–Trinajstić information content (AvgIpc) is 2.85. The Labute approximate surface area is 125 Å². The zero-order valence-corrected chi connectivity index (χ0v) is 13.7. The summed E-state index contributed by atoms with van der Waals surface area (Å²) < 4.78 is 2.21. The third-order valence-electron chi connectivity index (χ3n) is 2.85. The van der Waals surface area contributed by atoms with Gasteiger partial charge in [-0.1, -0.05) is 0 Å². The minimum Gasteiger partial charge on any atom is -0.323 e. The van der Waals surface area contributed by atoms with Crippen LogP contribution in [0.3, 0.4) is 0 Å². The third-order valence-corrected chi connectivity index (χ3v) is 7.50. The van der Waals surface area contributed by atoms with E-state index >= 15 is 0 Å². The minimum atomic E-state index is 0.192. The Balaban J connectivity index is 2.04. The molecule has 2 aromatic heterocycles. The van der Waals surface area contributed by atoms with Crippen LogP contribution in [0.15, 0.2) is 14.3 Å². The molecule has 0 fully saturated rings. The Kier molecular flexibility index (Phi) is 3.42. The summed E-state index contributed by atoms with van der Waals surface area (Å²) in [5.41, 5.74) is 7.34. The number of thiazole rings is 1. The van der Waals surface area contributed by atoms with E-state index in [-0.39, 0.29) is 6.04 Å². The number of thiophene rings is 1. The van der Waals surface area contributed by atoms with Crippen LogP contribution in [0.4, 0.5) is 0 Å². The summed E-state index contributed by atoms with van der Waals surface area (Å²) in [6, 6.07) is 2.31. The van der Waals surface area contributed by atoms with Gasteiger partial charge in [-0.05, 0) is 57.2 Å². The summed E-state index contributed by atoms with van der Waals surface area (Å²) in [5, 5.41) is 1.10. The number of aryl methyl sites for hydroxylation is 1. The van der Waals surface area contributed by atoms with Gasteiger partial charge in [-0.3, -0.25) is 0 Å². The largest absolute Gasteiger partial charge is 0.323 e. The molecular weight excluding hydrogens is 384 g/mol. The Morgan fingerprint density at radius 3 is 2.82 bits per heavy atom. The smallest absolute Gasteiger partial charge is 0.134 e. The topological polar surface area (TPSA) is 38.9 Å². The lowest BCUT2D eigenvalue weighted by molar-refractivity contribution is 0.573. The van der Waals surface area contributed by atoms with Crippen molar-refractivity contribution in [3.63, 3.8) is 0 Å². The molecule has 0 saturated heterocycles. The molecule has 1 aliphatic rings. The molecule has 0 bridgehead atoms. The minimum absolute atomic E-state index is 0.192. The molecule has 0 aliphatic heterocycles. The van der Waals surface area contributed by atoms with E-state index < -0.39 is 0 Å². The fourth-order valence-electron chi connectivity index (χ4n) is 2.01. The molecule has 0 spiro atoms. The van der Waals surface area contributed by atoms with Gasteiger partial charge < -0.3 is 5.73 Å². The Morgan fingerprint density at radius 1 is 1.35 bits per heavy atom. The highest BCUT2D eigenvalue weighted by atomic mass is 79.9. The van der Waals surface area contributed by atoms with Gasteiger partial charge in [-0.2, -0.15) is 0 Å². The normalized spacial score (nSPS) is 19.4. The molecule has 17 heavy (non-hydrogen) atoms. The van der Waals surface area contributed by atoms with Gasteiger partial charge in [0.25, 0.3) is 0 Å². The van der Waals surface area contributed by atoms with Crippen LogP contribution in [0, 0.1) is 0 Å². The van der Waals surface area contributed by atoms with Crippen LogP contribution in [-0.4, -0.2) is 4.98 Å². The highest BCUT2D eigenvalue weighted by Crippen LogP contribution is 2.42. The summed E-state index contributed by atoms with van der Waals surface area (Å²) in [4.78, 5) is 7.22. The Hall–Kier alpha value is 0.250. The van der Waals surface area contributed by atoms with Crippen LogP contribution in [0.5, 0.6) is 0 Å². The molecule has 2 nitrogen and oxygen atoms in total. The van der Waals surface area contributed by atoms with Gasteiger partial charge >= 0.3 is 0 Å². The van der Waals surface area contributed by atoms with Crippen molar-refractivity contribution in [2.24, 2.45) is 5.73 Å². The van der Waals surface area contributed by atoms with Gasteiger partial charge in [-0.15, -0.1) is 22.7 Å². The van der Waals surface area contributed by atoms with Crippen molar-refractivity contribution in [1.29, 1.82) is 0 Å². The van der Waals surface area contributed by atoms with Crippen molar-refractivity contribution in [3.8, 4) is 9.88 Å². The second-order valence-electron chi connectivity index (χ2n) is 4.06. The van der Waals surface area contributed by atoms with Crippen LogP contribution < -0.4 is 5.73 Å². The van der Waals surface area contributed by atoms with Gasteiger partial charge in [0, 0.05) is 15.4 Å². The molecule has 1 atom stereocenters. The van der Waals surface area contributed by atoms with Crippen LogP contribution in [0.25, 0.3) is 9.88 Å². The molecule has 2 aromatic rings. The fourth-order valence-corrected chi connectivity index (χ4v) is 5.24. The Morgan fingerprint density at radius 2 is 2.18 bits per heavy atom. The van der Waals surface area contributed by atoms with Crippen LogP contribution in [0.2, 0.25) is 0 Å². The molecule has 3 rings (SSSR count). The molecule has 1 unspecified atom stereocenters. The maximum atomic E-state index is 6.13. The number of hydrogen-bond donors (Lipinski definition) is 1. The van der Waals surface area contributed by atoms with Gasteiger partial charge in [-0.25, -0.2) is 4.98 Å². The first-order valence-corrected chi connectivity index (χ1v) is 8.57. The van der Waals surface area contributed by atoms with E-state index in [2.05, 4.69) is 37.9 Å². The summed E-state index contributed by atoms with van der Waals surface area (Å²) >= 11 is 10.5. The van der Waals surface area contributed by atoms with Gasteiger partial charge in [0.15, 0.2) is 0 Å². The lowest BCUT2D eigenvalue weighted by atomic mass is 9.99. The lowest BCUT2D eigenvalue weighted by Gasteiger charge is -2.15. The number of nitrogens with two attached hydrogens (primary N) is 1. The molecule has 0 amide bonds. The standard InChI is InChI=1S/C11H10Br2N2S2/c12-5-4-8(16-10(5)13)11-15-7-3-1-2-6(14)9(7)17-11/h4,6H,1-3,14H2. The van der Waals surface area contributed by atoms with Crippen LogP contribution in [0.1, 0.15) is 29.5 Å². The summed E-state index contributed by atoms with van der Waals surface area (Å²) in [6.45, 7) is 0. The predicted molar refractivity (Wildman–Crippen MR) is 80.7 cm³/mol. The van der Waals surface area contributed by atoms with Gasteiger partial charge in [0.1, 0.15) is 5.01 Å². The molecule has 2 N–H and O–H groups in total. The average molecular weight is 394 g/mol. The van der Waals surface area contributed by atoms with Crippen molar-refractivity contribution >= 4 is 54.5 Å². The number of halogens is 2. The van der Waals surface area contributed by atoms with Crippen molar-refractivity contribution in [3.05, 3.63) is 24.9 Å². The van der Waals surface area contributed by atoms with Crippen LogP contribution in [-0.2, 0) is 6.42 Å². The van der Waals surface area contributed by atoms with Gasteiger partial charge in [0.05, 0.1) is 14.4 Å². The second kappa shape index (κ2) is 4.74.